The number of hydrogen-bond donors (Lipinski definition) is 2. The Hall–Kier alpha value is -3.39. The van der Waals surface area contributed by atoms with Gasteiger partial charge in [-0.05, 0) is 30.7 Å². The molecule has 0 unspecified atom stereocenters. The van der Waals surface area contributed by atoms with Crippen LogP contribution in [0.3, 0.4) is 0 Å². The molecule has 3 N–H and O–H groups in total. The van der Waals surface area contributed by atoms with Crippen LogP contribution in [0.15, 0.2) is 47.8 Å². The van der Waals surface area contributed by atoms with Gasteiger partial charge in [0.25, 0.3) is 0 Å². The minimum atomic E-state index is -0.477. The maximum Gasteiger partial charge on any atom is 0.249 e. The third kappa shape index (κ3) is 3.41. The number of carbonyl (C=O) groups excluding carboxylic acids is 1. The molecule has 0 bridgehead atoms. The van der Waals surface area contributed by atoms with E-state index in [9.17, 15) is 9.18 Å². The van der Waals surface area contributed by atoms with Gasteiger partial charge in [0, 0.05) is 28.3 Å². The first kappa shape index (κ1) is 18.0. The first-order valence-electron chi connectivity index (χ1n) is 8.53. The zero-order valence-corrected chi connectivity index (χ0v) is 15.8. The number of nitrogens with two attached hydrogens (primary N) is 1. The molecule has 0 saturated heterocycles. The van der Waals surface area contributed by atoms with Crippen LogP contribution in [0.5, 0.6) is 0 Å². The van der Waals surface area contributed by atoms with E-state index in [4.69, 9.17) is 5.73 Å². The van der Waals surface area contributed by atoms with E-state index in [2.05, 4.69) is 20.5 Å². The molecule has 0 aliphatic rings. The standard InChI is InChI=1S/C20H16FN5OS/c1-11-19(23-9-12-4-2-5-13(21)8-12)24-20(26-25-11)17-14-6-3-7-15(18(22)27)16(14)10-28-17/h2-8,10H,9H2,1H3,(H2,22,27)(H,23,24,26). The number of nitrogens with one attached hydrogen (secondary N) is 1. The largest absolute Gasteiger partial charge is 0.366 e. The van der Waals surface area contributed by atoms with Crippen LogP contribution in [-0.2, 0) is 6.54 Å². The number of aromatic nitrogens is 3. The predicted molar refractivity (Wildman–Crippen MR) is 108 cm³/mol. The average molecular weight is 393 g/mol. The summed E-state index contributed by atoms with van der Waals surface area (Å²) in [4.78, 5) is 17.0. The maximum absolute atomic E-state index is 13.4. The van der Waals surface area contributed by atoms with Crippen molar-refractivity contribution in [1.82, 2.24) is 15.2 Å². The molecule has 0 atom stereocenters. The summed E-state index contributed by atoms with van der Waals surface area (Å²) in [6, 6.07) is 11.7. The normalized spacial score (nSPS) is 10.9. The van der Waals surface area contributed by atoms with Gasteiger partial charge in [-0.15, -0.1) is 21.5 Å². The maximum atomic E-state index is 13.4. The van der Waals surface area contributed by atoms with Crippen LogP contribution in [0.4, 0.5) is 10.2 Å². The Balaban J connectivity index is 1.68. The van der Waals surface area contributed by atoms with Crippen molar-refractivity contribution in [2.45, 2.75) is 13.5 Å². The Morgan fingerprint density at radius 2 is 2.00 bits per heavy atom. The molecule has 0 radical (unpaired) electrons. The topological polar surface area (TPSA) is 93.8 Å². The van der Waals surface area contributed by atoms with E-state index >= 15 is 0 Å². The van der Waals surface area contributed by atoms with E-state index in [1.54, 1.807) is 25.1 Å². The number of rotatable bonds is 5. The van der Waals surface area contributed by atoms with Gasteiger partial charge in [0.15, 0.2) is 11.6 Å². The Morgan fingerprint density at radius 1 is 1.18 bits per heavy atom. The van der Waals surface area contributed by atoms with E-state index in [-0.39, 0.29) is 5.82 Å². The van der Waals surface area contributed by atoms with Gasteiger partial charge in [0.1, 0.15) is 11.5 Å². The fourth-order valence-corrected chi connectivity index (χ4v) is 3.92. The van der Waals surface area contributed by atoms with Crippen LogP contribution < -0.4 is 11.1 Å². The minimum Gasteiger partial charge on any atom is -0.366 e. The number of fused-ring (bicyclic) bond motifs is 1. The van der Waals surface area contributed by atoms with Gasteiger partial charge in [-0.2, -0.15) is 0 Å². The van der Waals surface area contributed by atoms with Crippen molar-refractivity contribution >= 4 is 33.8 Å². The number of benzene rings is 2. The fourth-order valence-electron chi connectivity index (χ4n) is 2.93. The first-order valence-corrected chi connectivity index (χ1v) is 9.41. The van der Waals surface area contributed by atoms with Crippen molar-refractivity contribution in [3.8, 4) is 10.7 Å². The monoisotopic (exact) mass is 393 g/mol. The van der Waals surface area contributed by atoms with Gasteiger partial charge in [0.2, 0.25) is 5.91 Å². The summed E-state index contributed by atoms with van der Waals surface area (Å²) in [6.07, 6.45) is 0. The Morgan fingerprint density at radius 3 is 2.79 bits per heavy atom. The number of nitrogens with zero attached hydrogens (tertiary/aromatic N) is 3. The van der Waals surface area contributed by atoms with Crippen LogP contribution in [0.1, 0.15) is 21.6 Å². The molecule has 8 heteroatoms. The molecule has 1 amide bonds. The highest BCUT2D eigenvalue weighted by molar-refractivity contribution is 7.15. The molecule has 2 aromatic carbocycles. The molecule has 28 heavy (non-hydrogen) atoms. The highest BCUT2D eigenvalue weighted by Gasteiger charge is 2.16. The minimum absolute atomic E-state index is 0.284. The molecule has 6 nitrogen and oxygen atoms in total. The molecule has 0 aliphatic carbocycles. The summed E-state index contributed by atoms with van der Waals surface area (Å²) in [5.41, 5.74) is 7.36. The Bertz CT molecular complexity index is 1190. The van der Waals surface area contributed by atoms with E-state index in [0.29, 0.717) is 29.4 Å². The third-order valence-electron chi connectivity index (χ3n) is 4.32. The number of amides is 1. The number of primary amides is 1. The highest BCUT2D eigenvalue weighted by Crippen LogP contribution is 2.35. The quantitative estimate of drug-likeness (QED) is 0.536. The average Bonchev–Trinajstić information content (AvgIpc) is 3.11. The van der Waals surface area contributed by atoms with Gasteiger partial charge in [-0.3, -0.25) is 4.79 Å². The van der Waals surface area contributed by atoms with Gasteiger partial charge in [0.05, 0.1) is 4.88 Å². The molecule has 2 aromatic heterocycles. The predicted octanol–water partition coefficient (Wildman–Crippen LogP) is 3.91. The molecule has 0 spiro atoms. The molecular weight excluding hydrogens is 377 g/mol. The van der Waals surface area contributed by atoms with Crippen molar-refractivity contribution < 1.29 is 9.18 Å². The number of anilines is 1. The van der Waals surface area contributed by atoms with E-state index < -0.39 is 5.91 Å². The summed E-state index contributed by atoms with van der Waals surface area (Å²) in [6.45, 7) is 2.21. The highest BCUT2D eigenvalue weighted by atomic mass is 32.1. The molecule has 0 fully saturated rings. The van der Waals surface area contributed by atoms with Crippen molar-refractivity contribution in [3.63, 3.8) is 0 Å². The van der Waals surface area contributed by atoms with Gasteiger partial charge in [-0.25, -0.2) is 9.37 Å². The number of hydrogen-bond acceptors (Lipinski definition) is 6. The summed E-state index contributed by atoms with van der Waals surface area (Å²) < 4.78 is 13.4. The lowest BCUT2D eigenvalue weighted by molar-refractivity contribution is 0.100. The van der Waals surface area contributed by atoms with Crippen LogP contribution in [-0.4, -0.2) is 21.1 Å². The molecule has 4 aromatic rings. The van der Waals surface area contributed by atoms with Gasteiger partial charge >= 0.3 is 0 Å². The van der Waals surface area contributed by atoms with Crippen molar-refractivity contribution in [3.05, 3.63) is 70.5 Å². The van der Waals surface area contributed by atoms with E-state index in [1.807, 2.05) is 17.5 Å². The molecule has 0 aliphatic heterocycles. The smallest absolute Gasteiger partial charge is 0.249 e. The lowest BCUT2D eigenvalue weighted by atomic mass is 10.1. The molecule has 4 rings (SSSR count). The second kappa shape index (κ2) is 7.32. The molecule has 0 saturated carbocycles. The number of carbonyl (C=O) groups is 1. The van der Waals surface area contributed by atoms with Gasteiger partial charge in [-0.1, -0.05) is 24.3 Å². The number of halogens is 1. The van der Waals surface area contributed by atoms with Gasteiger partial charge < -0.3 is 11.1 Å². The van der Waals surface area contributed by atoms with Crippen molar-refractivity contribution in [1.29, 1.82) is 0 Å². The van der Waals surface area contributed by atoms with Crippen LogP contribution in [0, 0.1) is 12.7 Å². The van der Waals surface area contributed by atoms with Crippen molar-refractivity contribution in [2.24, 2.45) is 5.73 Å². The fraction of sp³-hybridized carbons (Fsp3) is 0.100. The molecule has 2 heterocycles. The van der Waals surface area contributed by atoms with E-state index in [0.717, 1.165) is 21.2 Å². The summed E-state index contributed by atoms with van der Waals surface area (Å²) in [7, 11) is 0. The summed E-state index contributed by atoms with van der Waals surface area (Å²) in [5.74, 6) is 0.263. The number of aryl methyl sites for hydroxylation is 1. The van der Waals surface area contributed by atoms with Crippen LogP contribution in [0.2, 0.25) is 0 Å². The first-order chi connectivity index (χ1) is 13.5. The SMILES string of the molecule is Cc1nnc(-c2scc3c(C(N)=O)cccc23)nc1NCc1cccc(F)c1. The Labute approximate surface area is 164 Å². The van der Waals surface area contributed by atoms with E-state index in [1.165, 1.54) is 23.5 Å². The second-order valence-corrected chi connectivity index (χ2v) is 7.13. The second-order valence-electron chi connectivity index (χ2n) is 6.25. The molecule has 140 valence electrons. The van der Waals surface area contributed by atoms with Crippen LogP contribution in [0.25, 0.3) is 21.5 Å². The summed E-state index contributed by atoms with van der Waals surface area (Å²) >= 11 is 1.43. The third-order valence-corrected chi connectivity index (χ3v) is 5.31. The Kier molecular flexibility index (Phi) is 4.70. The molecular formula is C20H16FN5OS. The lowest BCUT2D eigenvalue weighted by Crippen LogP contribution is -2.10. The lowest BCUT2D eigenvalue weighted by Gasteiger charge is -2.09. The number of thiophene rings is 1. The van der Waals surface area contributed by atoms with Crippen LogP contribution >= 0.6 is 11.3 Å². The summed E-state index contributed by atoms with van der Waals surface area (Å²) in [5, 5.41) is 15.1. The zero-order chi connectivity index (χ0) is 19.7. The van der Waals surface area contributed by atoms with Crippen molar-refractivity contribution in [2.75, 3.05) is 5.32 Å². The zero-order valence-electron chi connectivity index (χ0n) is 14.9.